The van der Waals surface area contributed by atoms with Gasteiger partial charge < -0.3 is 8.94 Å². The van der Waals surface area contributed by atoms with Crippen molar-refractivity contribution in [2.45, 2.75) is 0 Å². The lowest BCUT2D eigenvalue weighted by Crippen LogP contribution is -2.08. The molecule has 0 bridgehead atoms. The molecule has 0 fully saturated rings. The second kappa shape index (κ2) is 5.42. The van der Waals surface area contributed by atoms with Crippen molar-refractivity contribution < 1.29 is 23.3 Å². The van der Waals surface area contributed by atoms with Gasteiger partial charge in [0, 0.05) is 5.56 Å². The number of fused-ring (bicyclic) bond motifs is 1. The van der Waals surface area contributed by atoms with Gasteiger partial charge in [-0.25, -0.2) is 4.57 Å². The second-order valence-electron chi connectivity index (χ2n) is 4.53. The molecule has 0 saturated heterocycles. The molecule has 0 spiro atoms. The Bertz CT molecular complexity index is 926. The molecule has 2 N–H and O–H groups in total. The first kappa shape index (κ1) is 14.5. The zero-order valence-corrected chi connectivity index (χ0v) is 12.1. The molecule has 6 nitrogen and oxygen atoms in total. The van der Waals surface area contributed by atoms with E-state index in [1.807, 2.05) is 0 Å². The smallest absolute Gasteiger partial charge is 0.452 e. The van der Waals surface area contributed by atoms with Crippen molar-refractivity contribution in [3.05, 3.63) is 64.8 Å². The Hall–Kier alpha value is -2.40. The van der Waals surface area contributed by atoms with Crippen LogP contribution in [0.2, 0.25) is 0 Å². The highest BCUT2D eigenvalue weighted by molar-refractivity contribution is 7.46. The van der Waals surface area contributed by atoms with Gasteiger partial charge in [-0.2, -0.15) is 0 Å². The third kappa shape index (κ3) is 2.80. The summed E-state index contributed by atoms with van der Waals surface area (Å²) in [7, 11) is -4.90. The number of benzene rings is 2. The normalized spacial score (nSPS) is 11.5. The minimum Gasteiger partial charge on any atom is -0.452 e. The highest BCUT2D eigenvalue weighted by Crippen LogP contribution is 2.41. The van der Waals surface area contributed by atoms with Gasteiger partial charge in [0.2, 0.25) is 11.2 Å². The first-order valence-electron chi connectivity index (χ1n) is 6.32. The number of hydrogen-bond donors (Lipinski definition) is 2. The Morgan fingerprint density at radius 2 is 1.59 bits per heavy atom. The summed E-state index contributed by atoms with van der Waals surface area (Å²) in [5.74, 6) is -0.522. The lowest BCUT2D eigenvalue weighted by molar-refractivity contribution is 0.280. The molecular formula is C15H11O6P. The van der Waals surface area contributed by atoms with E-state index in [-0.39, 0.29) is 11.1 Å². The maximum atomic E-state index is 12.5. The van der Waals surface area contributed by atoms with Crippen molar-refractivity contribution in [1.29, 1.82) is 0 Å². The summed E-state index contributed by atoms with van der Waals surface area (Å²) in [6.07, 6.45) is 0. The standard InChI is InChI=1S/C15H11O6P/c16-13-11-8-4-5-9-12(11)20-14(10-6-2-1-3-7-10)15(13)21-22(17,18)19/h1-9H,(H2,17,18,19). The summed E-state index contributed by atoms with van der Waals surface area (Å²) in [5, 5.41) is 0.186. The van der Waals surface area contributed by atoms with E-state index in [1.54, 1.807) is 48.5 Å². The lowest BCUT2D eigenvalue weighted by atomic mass is 10.1. The molecule has 2 aromatic carbocycles. The topological polar surface area (TPSA) is 97.0 Å². The Labute approximate surface area is 124 Å². The summed E-state index contributed by atoms with van der Waals surface area (Å²) >= 11 is 0. The van der Waals surface area contributed by atoms with Crippen LogP contribution in [-0.2, 0) is 4.57 Å². The molecule has 0 radical (unpaired) electrons. The van der Waals surface area contributed by atoms with Crippen molar-refractivity contribution in [3.63, 3.8) is 0 Å². The van der Waals surface area contributed by atoms with Crippen molar-refractivity contribution >= 4 is 18.8 Å². The largest absolute Gasteiger partial charge is 0.525 e. The lowest BCUT2D eigenvalue weighted by Gasteiger charge is -2.11. The van der Waals surface area contributed by atoms with Crippen molar-refractivity contribution in [3.8, 4) is 17.1 Å². The van der Waals surface area contributed by atoms with Gasteiger partial charge in [0.05, 0.1) is 5.39 Å². The Balaban J connectivity index is 2.36. The molecule has 0 saturated carbocycles. The van der Waals surface area contributed by atoms with Gasteiger partial charge in [0.1, 0.15) is 5.58 Å². The van der Waals surface area contributed by atoms with E-state index < -0.39 is 19.0 Å². The van der Waals surface area contributed by atoms with Gasteiger partial charge >= 0.3 is 7.82 Å². The predicted octanol–water partition coefficient (Wildman–Crippen LogP) is 2.93. The first-order chi connectivity index (χ1) is 10.5. The number of phosphoric ester groups is 1. The van der Waals surface area contributed by atoms with E-state index >= 15 is 0 Å². The zero-order valence-electron chi connectivity index (χ0n) is 11.2. The van der Waals surface area contributed by atoms with Crippen LogP contribution in [-0.4, -0.2) is 9.79 Å². The number of para-hydroxylation sites is 1. The number of rotatable bonds is 3. The summed E-state index contributed by atoms with van der Waals surface area (Å²) in [6, 6.07) is 14.9. The fourth-order valence-electron chi connectivity index (χ4n) is 2.11. The fourth-order valence-corrected chi connectivity index (χ4v) is 2.51. The molecule has 0 amide bonds. The van der Waals surface area contributed by atoms with Crippen molar-refractivity contribution in [1.82, 2.24) is 0 Å². The van der Waals surface area contributed by atoms with E-state index in [4.69, 9.17) is 14.2 Å². The Morgan fingerprint density at radius 1 is 0.955 bits per heavy atom. The van der Waals surface area contributed by atoms with E-state index in [1.165, 1.54) is 6.07 Å². The van der Waals surface area contributed by atoms with Crippen molar-refractivity contribution in [2.24, 2.45) is 0 Å². The maximum absolute atomic E-state index is 12.5. The first-order valence-corrected chi connectivity index (χ1v) is 7.85. The van der Waals surface area contributed by atoms with Crippen LogP contribution < -0.4 is 9.95 Å². The molecule has 3 aromatic rings. The number of hydrogen-bond acceptors (Lipinski definition) is 4. The molecule has 1 heterocycles. The monoisotopic (exact) mass is 318 g/mol. The second-order valence-corrected chi connectivity index (χ2v) is 5.70. The molecular weight excluding hydrogens is 307 g/mol. The van der Waals surface area contributed by atoms with E-state index in [9.17, 15) is 9.36 Å². The molecule has 0 aliphatic carbocycles. The molecule has 0 unspecified atom stereocenters. The van der Waals surface area contributed by atoms with Crippen molar-refractivity contribution in [2.75, 3.05) is 0 Å². The highest BCUT2D eigenvalue weighted by Gasteiger charge is 2.25. The van der Waals surface area contributed by atoms with Gasteiger partial charge in [-0.1, -0.05) is 42.5 Å². The quantitative estimate of drug-likeness (QED) is 0.721. The van der Waals surface area contributed by atoms with Crippen LogP contribution in [0.25, 0.3) is 22.3 Å². The van der Waals surface area contributed by atoms with Gasteiger partial charge in [-0.3, -0.25) is 14.6 Å². The minimum atomic E-state index is -4.90. The van der Waals surface area contributed by atoms with Crippen LogP contribution in [0.15, 0.2) is 63.8 Å². The molecule has 0 atom stereocenters. The molecule has 0 aliphatic rings. The molecule has 0 aliphatic heterocycles. The Morgan fingerprint density at radius 3 is 2.27 bits per heavy atom. The molecule has 112 valence electrons. The average molecular weight is 318 g/mol. The van der Waals surface area contributed by atoms with E-state index in [0.29, 0.717) is 11.1 Å². The van der Waals surface area contributed by atoms with Crippen LogP contribution in [0.4, 0.5) is 0 Å². The average Bonchev–Trinajstić information content (AvgIpc) is 2.50. The number of phosphoric acid groups is 1. The molecule has 22 heavy (non-hydrogen) atoms. The summed E-state index contributed by atoms with van der Waals surface area (Å²) < 4.78 is 21.4. The third-order valence-electron chi connectivity index (χ3n) is 3.00. The Kier molecular flexibility index (Phi) is 3.58. The van der Waals surface area contributed by atoms with E-state index in [0.717, 1.165) is 0 Å². The van der Waals surface area contributed by atoms with Crippen LogP contribution >= 0.6 is 7.82 Å². The molecule has 1 aromatic heterocycles. The maximum Gasteiger partial charge on any atom is 0.525 e. The molecule has 7 heteroatoms. The SMILES string of the molecule is O=c1c(OP(=O)(O)O)c(-c2ccccc2)oc2ccccc12. The van der Waals surface area contributed by atoms with Gasteiger partial charge in [-0.15, -0.1) is 0 Å². The van der Waals surface area contributed by atoms with Crippen LogP contribution in [0.1, 0.15) is 0 Å². The molecule has 3 rings (SSSR count). The highest BCUT2D eigenvalue weighted by atomic mass is 31.2. The zero-order chi connectivity index (χ0) is 15.7. The predicted molar refractivity (Wildman–Crippen MR) is 80.6 cm³/mol. The van der Waals surface area contributed by atoms with Gasteiger partial charge in [0.15, 0.2) is 5.76 Å². The summed E-state index contributed by atoms with van der Waals surface area (Å²) in [4.78, 5) is 30.6. The van der Waals surface area contributed by atoms with Crippen LogP contribution in [0.3, 0.4) is 0 Å². The summed E-state index contributed by atoms with van der Waals surface area (Å²) in [6.45, 7) is 0. The fraction of sp³-hybridized carbons (Fsp3) is 0. The van der Waals surface area contributed by atoms with Gasteiger partial charge in [-0.05, 0) is 12.1 Å². The summed E-state index contributed by atoms with van der Waals surface area (Å²) in [5.41, 5.74) is 0.155. The minimum absolute atomic E-state index is 0.0207. The van der Waals surface area contributed by atoms with Crippen LogP contribution in [0, 0.1) is 0 Å². The van der Waals surface area contributed by atoms with Gasteiger partial charge in [0.25, 0.3) is 0 Å². The van der Waals surface area contributed by atoms with Crippen LogP contribution in [0.5, 0.6) is 5.75 Å². The third-order valence-corrected chi connectivity index (χ3v) is 3.42. The van der Waals surface area contributed by atoms with E-state index in [2.05, 4.69) is 4.52 Å².